The third-order valence-corrected chi connectivity index (χ3v) is 12.6. The zero-order valence-electron chi connectivity index (χ0n) is 34.2. The summed E-state index contributed by atoms with van der Waals surface area (Å²) in [5.41, 5.74) is 8.18. The van der Waals surface area contributed by atoms with Crippen LogP contribution in [0.3, 0.4) is 0 Å². The molecule has 0 bridgehead atoms. The second-order valence-electron chi connectivity index (χ2n) is 15.6. The lowest BCUT2D eigenvalue weighted by atomic mass is 9.97. The normalized spacial score (nSPS) is 16.0. The number of anilines is 1. The fourth-order valence-corrected chi connectivity index (χ4v) is 9.23. The van der Waals surface area contributed by atoms with Gasteiger partial charge in [-0.15, -0.1) is 0 Å². The van der Waals surface area contributed by atoms with Crippen molar-refractivity contribution in [3.63, 3.8) is 0 Å². The van der Waals surface area contributed by atoms with Crippen LogP contribution in [0.2, 0.25) is 10.0 Å². The molecule has 1 amide bonds. The maximum Gasteiger partial charge on any atom is 0.354 e. The molecule has 12 nitrogen and oxygen atoms in total. The van der Waals surface area contributed by atoms with Crippen LogP contribution in [0.1, 0.15) is 68.4 Å². The molecule has 0 unspecified atom stereocenters. The average Bonchev–Trinajstić information content (AvgIpc) is 3.70. The van der Waals surface area contributed by atoms with Crippen LogP contribution in [0.4, 0.5) is 5.69 Å². The fourth-order valence-electron chi connectivity index (χ4n) is 8.87. The molecule has 0 radical (unpaired) electrons. The molecular weight excluding hydrogens is 791 g/mol. The first kappa shape index (κ1) is 40.6. The Hall–Kier alpha value is -5.14. The molecule has 0 saturated carbocycles. The Balaban J connectivity index is 1.23. The number of aromatic nitrogens is 4. The number of hydrogen-bond acceptors (Lipinski definition) is 8. The van der Waals surface area contributed by atoms with Crippen molar-refractivity contribution in [2.45, 2.75) is 53.5 Å². The summed E-state index contributed by atoms with van der Waals surface area (Å²) in [6.07, 6.45) is 2.64. The summed E-state index contributed by atoms with van der Waals surface area (Å²) in [4.78, 5) is 41.5. The number of ether oxygens (including phenoxy) is 3. The second kappa shape index (κ2) is 16.5. The Morgan fingerprint density at radius 1 is 0.915 bits per heavy atom. The number of aryl methyl sites for hydroxylation is 6. The van der Waals surface area contributed by atoms with Crippen molar-refractivity contribution >= 4 is 62.6 Å². The van der Waals surface area contributed by atoms with E-state index in [0.717, 1.165) is 80.5 Å². The third kappa shape index (κ3) is 7.41. The Bertz CT molecular complexity index is 2590. The van der Waals surface area contributed by atoms with Gasteiger partial charge in [0.05, 0.1) is 41.6 Å². The van der Waals surface area contributed by atoms with Gasteiger partial charge in [0.2, 0.25) is 0 Å². The molecule has 308 valence electrons. The third-order valence-electron chi connectivity index (χ3n) is 11.7. The van der Waals surface area contributed by atoms with E-state index in [2.05, 4.69) is 26.4 Å². The summed E-state index contributed by atoms with van der Waals surface area (Å²) in [6, 6.07) is 13.0. The minimum atomic E-state index is -1.13. The smallest absolute Gasteiger partial charge is 0.354 e. The van der Waals surface area contributed by atoms with Crippen molar-refractivity contribution in [3.8, 4) is 22.6 Å². The number of carbonyl (C=O) groups is 2. The predicted octanol–water partition coefficient (Wildman–Crippen LogP) is 8.77. The summed E-state index contributed by atoms with van der Waals surface area (Å²) in [5, 5.41) is 13.5. The number of benzene rings is 3. The highest BCUT2D eigenvalue weighted by Crippen LogP contribution is 2.46. The molecule has 1 saturated heterocycles. The number of rotatable bonds is 12. The summed E-state index contributed by atoms with van der Waals surface area (Å²) < 4.78 is 21.7. The number of morpholine rings is 1. The first-order chi connectivity index (χ1) is 28.3. The zero-order chi connectivity index (χ0) is 41.7. The predicted molar refractivity (Wildman–Crippen MR) is 231 cm³/mol. The lowest BCUT2D eigenvalue weighted by molar-refractivity contribution is 0.0322. The van der Waals surface area contributed by atoms with Crippen molar-refractivity contribution < 1.29 is 28.9 Å². The molecule has 0 aliphatic carbocycles. The number of nitrogens with zero attached hydrogens (tertiary/aromatic N) is 6. The Kier molecular flexibility index (Phi) is 11.4. The van der Waals surface area contributed by atoms with Gasteiger partial charge in [0.15, 0.2) is 5.69 Å². The van der Waals surface area contributed by atoms with Crippen LogP contribution in [0.5, 0.6) is 11.5 Å². The van der Waals surface area contributed by atoms with E-state index in [1.165, 1.54) is 0 Å². The van der Waals surface area contributed by atoms with Crippen LogP contribution >= 0.6 is 23.2 Å². The molecular formula is C45H48Cl2N6O6. The zero-order valence-corrected chi connectivity index (χ0v) is 35.7. The SMILES string of the molecule is Cc1cc(OCCCc2c3n(c4c(-c5c(C)ncnc5C)c(Cl)ccc24)[C@H](C)CN(c2c(C(=O)O)n(C)c4ccc(OCCN5CCOCC5)cc24)C3=O)cc(C)c1Cl. The molecule has 1 fully saturated rings. The summed E-state index contributed by atoms with van der Waals surface area (Å²) in [6.45, 7) is 14.7. The van der Waals surface area contributed by atoms with Crippen molar-refractivity contribution in [1.29, 1.82) is 0 Å². The molecule has 2 aliphatic heterocycles. The molecule has 1 N–H and O–H groups in total. The number of carboxylic acid groups (broad SMARTS) is 1. The highest BCUT2D eigenvalue weighted by atomic mass is 35.5. The fraction of sp³-hybridized carbons (Fsp3) is 0.378. The molecule has 14 heteroatoms. The van der Waals surface area contributed by atoms with Gasteiger partial charge >= 0.3 is 5.97 Å². The highest BCUT2D eigenvalue weighted by Gasteiger charge is 2.39. The van der Waals surface area contributed by atoms with Crippen molar-refractivity contribution in [1.82, 2.24) is 24.0 Å². The number of fused-ring (bicyclic) bond motifs is 4. The molecule has 3 aromatic carbocycles. The van der Waals surface area contributed by atoms with Gasteiger partial charge in [0.25, 0.3) is 5.91 Å². The Morgan fingerprint density at radius 3 is 2.31 bits per heavy atom. The van der Waals surface area contributed by atoms with Gasteiger partial charge in [-0.2, -0.15) is 0 Å². The van der Waals surface area contributed by atoms with E-state index in [1.54, 1.807) is 22.8 Å². The van der Waals surface area contributed by atoms with E-state index in [1.807, 2.05) is 70.2 Å². The maximum atomic E-state index is 15.4. The number of carboxylic acids is 1. The van der Waals surface area contributed by atoms with Gasteiger partial charge in [-0.1, -0.05) is 29.3 Å². The Morgan fingerprint density at radius 2 is 1.61 bits per heavy atom. The van der Waals surface area contributed by atoms with E-state index < -0.39 is 5.97 Å². The summed E-state index contributed by atoms with van der Waals surface area (Å²) in [5.74, 6) is -0.0976. The molecule has 0 spiro atoms. The monoisotopic (exact) mass is 838 g/mol. The van der Waals surface area contributed by atoms with Crippen LogP contribution in [0.15, 0.2) is 48.8 Å². The summed E-state index contributed by atoms with van der Waals surface area (Å²) in [7, 11) is 1.72. The van der Waals surface area contributed by atoms with Crippen molar-refractivity contribution in [2.75, 3.05) is 57.5 Å². The lowest BCUT2D eigenvalue weighted by Crippen LogP contribution is -2.43. The second-order valence-corrected chi connectivity index (χ2v) is 16.4. The van der Waals surface area contributed by atoms with Crippen LogP contribution < -0.4 is 14.4 Å². The number of carbonyl (C=O) groups excluding carboxylic acids is 1. The van der Waals surface area contributed by atoms with Crippen LogP contribution in [-0.4, -0.2) is 93.6 Å². The first-order valence-electron chi connectivity index (χ1n) is 20.0. The number of hydrogen-bond donors (Lipinski definition) is 1. The summed E-state index contributed by atoms with van der Waals surface area (Å²) >= 11 is 13.5. The van der Waals surface area contributed by atoms with E-state index in [-0.39, 0.29) is 24.2 Å². The largest absolute Gasteiger partial charge is 0.494 e. The van der Waals surface area contributed by atoms with Gasteiger partial charge in [-0.25, -0.2) is 14.8 Å². The van der Waals surface area contributed by atoms with Crippen LogP contribution in [-0.2, 0) is 18.2 Å². The molecule has 6 aromatic rings. The number of amides is 1. The van der Waals surface area contributed by atoms with Gasteiger partial charge in [0, 0.05) is 77.6 Å². The van der Waals surface area contributed by atoms with Gasteiger partial charge in [-0.3, -0.25) is 9.69 Å². The number of halogens is 2. The topological polar surface area (TPSA) is 124 Å². The lowest BCUT2D eigenvalue weighted by Gasteiger charge is -2.34. The quantitative estimate of drug-likeness (QED) is 0.121. The maximum absolute atomic E-state index is 15.4. The van der Waals surface area contributed by atoms with Crippen LogP contribution in [0, 0.1) is 27.7 Å². The first-order valence-corrected chi connectivity index (χ1v) is 20.7. The van der Waals surface area contributed by atoms with Gasteiger partial charge < -0.3 is 33.4 Å². The molecule has 8 rings (SSSR count). The van der Waals surface area contributed by atoms with E-state index in [0.29, 0.717) is 72.3 Å². The van der Waals surface area contributed by atoms with Crippen LogP contribution in [0.25, 0.3) is 32.9 Å². The van der Waals surface area contributed by atoms with E-state index >= 15 is 4.79 Å². The highest BCUT2D eigenvalue weighted by molar-refractivity contribution is 6.35. The van der Waals surface area contributed by atoms with E-state index in [4.69, 9.17) is 37.4 Å². The van der Waals surface area contributed by atoms with Gasteiger partial charge in [-0.05, 0) is 101 Å². The standard InChI is InChI=1S/C45H48Cl2N6O6/c1-25-20-31(21-26(2)39(25)47)58-16-7-8-32-33-10-11-35(46)38(37-28(4)48-24-49-29(37)5)40(33)53-27(3)23-52(44(54)42(32)53)41-34-22-30(59-19-15-51-13-17-57-18-14-51)9-12-36(34)50(6)43(41)45(55)56/h9-12,20-22,24,27H,7-8,13-19,23H2,1-6H3,(H,55,56)/t27-/m1/s1. The van der Waals surface area contributed by atoms with Crippen molar-refractivity contribution in [2.24, 2.45) is 7.05 Å². The minimum Gasteiger partial charge on any atom is -0.494 e. The molecule has 3 aromatic heterocycles. The van der Waals surface area contributed by atoms with E-state index in [9.17, 15) is 9.90 Å². The van der Waals surface area contributed by atoms with Gasteiger partial charge in [0.1, 0.15) is 30.1 Å². The molecule has 2 aliphatic rings. The Labute approximate surface area is 353 Å². The molecule has 1 atom stereocenters. The average molecular weight is 840 g/mol. The minimum absolute atomic E-state index is 0.0236. The molecule has 5 heterocycles. The molecule has 59 heavy (non-hydrogen) atoms. The number of aromatic carboxylic acids is 1. The van der Waals surface area contributed by atoms with Crippen molar-refractivity contribution in [3.05, 3.63) is 98.3 Å².